The molecule has 2 aromatic carbocycles. The lowest BCUT2D eigenvalue weighted by Gasteiger charge is -2.22. The van der Waals surface area contributed by atoms with Gasteiger partial charge < -0.3 is 19.5 Å². The minimum Gasteiger partial charge on any atom is -0.489 e. The van der Waals surface area contributed by atoms with Gasteiger partial charge in [-0.3, -0.25) is 14.2 Å². The number of ether oxygens (including phenoxy) is 1. The summed E-state index contributed by atoms with van der Waals surface area (Å²) < 4.78 is 11.3. The third-order valence-electron chi connectivity index (χ3n) is 4.96. The standard InChI is InChI=1S/C22H21N5O4/c1-26(12-15-9-6-8-14-7-4-5-10-17(14)15)22-25-18(19(30-3)21(29)27(22)2)20(28)24-16-11-23-31-13-16/h4-11,13H,12H2,1-3H3,(H,24,28). The molecule has 0 saturated carbocycles. The zero-order valence-corrected chi connectivity index (χ0v) is 17.3. The minimum absolute atomic E-state index is 0.119. The van der Waals surface area contributed by atoms with Crippen molar-refractivity contribution >= 4 is 28.3 Å². The highest BCUT2D eigenvalue weighted by Gasteiger charge is 2.23. The highest BCUT2D eigenvalue weighted by atomic mass is 16.5. The second-order valence-electron chi connectivity index (χ2n) is 7.02. The summed E-state index contributed by atoms with van der Waals surface area (Å²) in [4.78, 5) is 31.9. The van der Waals surface area contributed by atoms with E-state index in [0.29, 0.717) is 18.2 Å². The first-order valence-corrected chi connectivity index (χ1v) is 9.53. The van der Waals surface area contributed by atoms with Crippen LogP contribution in [0.1, 0.15) is 16.1 Å². The quantitative estimate of drug-likeness (QED) is 0.513. The number of fused-ring (bicyclic) bond motifs is 1. The number of nitrogens with zero attached hydrogens (tertiary/aromatic N) is 4. The summed E-state index contributed by atoms with van der Waals surface area (Å²) in [6.45, 7) is 0.487. The number of methoxy groups -OCH3 is 1. The SMILES string of the molecule is COc1c(C(=O)Nc2cnoc2)nc(N(C)Cc2cccc3ccccc23)n(C)c1=O. The lowest BCUT2D eigenvalue weighted by atomic mass is 10.0. The molecule has 0 aliphatic carbocycles. The molecule has 0 spiro atoms. The van der Waals surface area contributed by atoms with Crippen molar-refractivity contribution in [3.05, 3.63) is 76.5 Å². The number of nitrogens with one attached hydrogen (secondary N) is 1. The third kappa shape index (κ3) is 3.85. The molecule has 0 radical (unpaired) electrons. The van der Waals surface area contributed by atoms with Crippen LogP contribution in [0.3, 0.4) is 0 Å². The van der Waals surface area contributed by atoms with Gasteiger partial charge >= 0.3 is 0 Å². The van der Waals surface area contributed by atoms with Gasteiger partial charge in [-0.1, -0.05) is 47.6 Å². The molecule has 0 bridgehead atoms. The first-order chi connectivity index (χ1) is 15.0. The van der Waals surface area contributed by atoms with Gasteiger partial charge in [-0.15, -0.1) is 0 Å². The first kappa shape index (κ1) is 20.1. The molecule has 158 valence electrons. The van der Waals surface area contributed by atoms with Crippen LogP contribution in [0.25, 0.3) is 10.8 Å². The van der Waals surface area contributed by atoms with E-state index in [-0.39, 0.29) is 11.4 Å². The number of carbonyl (C=O) groups excluding carboxylic acids is 1. The van der Waals surface area contributed by atoms with Crippen LogP contribution in [0.4, 0.5) is 11.6 Å². The van der Waals surface area contributed by atoms with Crippen LogP contribution in [0, 0.1) is 0 Å². The van der Waals surface area contributed by atoms with Crippen molar-refractivity contribution in [1.29, 1.82) is 0 Å². The van der Waals surface area contributed by atoms with Gasteiger partial charge in [0.25, 0.3) is 11.5 Å². The maximum absolute atomic E-state index is 12.9. The van der Waals surface area contributed by atoms with Crippen molar-refractivity contribution in [2.75, 3.05) is 24.4 Å². The summed E-state index contributed by atoms with van der Waals surface area (Å²) >= 11 is 0. The zero-order valence-electron chi connectivity index (χ0n) is 17.3. The predicted octanol–water partition coefficient (Wildman–Crippen LogP) is 2.82. The van der Waals surface area contributed by atoms with Crippen LogP contribution < -0.4 is 20.5 Å². The fourth-order valence-corrected chi connectivity index (χ4v) is 3.46. The lowest BCUT2D eigenvalue weighted by molar-refractivity contribution is 0.101. The Morgan fingerprint density at radius 1 is 1.23 bits per heavy atom. The Labute approximate surface area is 177 Å². The fourth-order valence-electron chi connectivity index (χ4n) is 3.46. The van der Waals surface area contributed by atoms with E-state index in [4.69, 9.17) is 9.26 Å². The molecule has 0 unspecified atom stereocenters. The number of aromatic nitrogens is 3. The van der Waals surface area contributed by atoms with Crippen molar-refractivity contribution in [3.8, 4) is 5.75 Å². The summed E-state index contributed by atoms with van der Waals surface area (Å²) in [5.74, 6) is -0.412. The molecule has 0 fully saturated rings. The smallest absolute Gasteiger partial charge is 0.297 e. The summed E-state index contributed by atoms with van der Waals surface area (Å²) in [5, 5.41) is 8.38. The molecule has 31 heavy (non-hydrogen) atoms. The molecule has 9 nitrogen and oxygen atoms in total. The fraction of sp³-hybridized carbons (Fsp3) is 0.182. The Morgan fingerprint density at radius 3 is 2.74 bits per heavy atom. The van der Waals surface area contributed by atoms with E-state index in [2.05, 4.69) is 21.5 Å². The van der Waals surface area contributed by atoms with Crippen LogP contribution >= 0.6 is 0 Å². The third-order valence-corrected chi connectivity index (χ3v) is 4.96. The van der Waals surface area contributed by atoms with E-state index < -0.39 is 11.5 Å². The van der Waals surface area contributed by atoms with Crippen LogP contribution in [0.15, 0.2) is 64.2 Å². The van der Waals surface area contributed by atoms with Gasteiger partial charge in [0.1, 0.15) is 12.0 Å². The van der Waals surface area contributed by atoms with Crippen LogP contribution in [0.5, 0.6) is 5.75 Å². The maximum atomic E-state index is 12.9. The van der Waals surface area contributed by atoms with E-state index in [1.165, 1.54) is 24.1 Å². The molecular weight excluding hydrogens is 398 g/mol. The summed E-state index contributed by atoms with van der Waals surface area (Å²) in [6, 6.07) is 14.1. The Balaban J connectivity index is 1.72. The van der Waals surface area contributed by atoms with E-state index in [9.17, 15) is 9.59 Å². The molecule has 0 aliphatic heterocycles. The maximum Gasteiger partial charge on any atom is 0.297 e. The minimum atomic E-state index is -0.599. The number of anilines is 2. The second kappa shape index (κ2) is 8.31. The van der Waals surface area contributed by atoms with Gasteiger partial charge in [0, 0.05) is 20.6 Å². The Bertz CT molecular complexity index is 1290. The molecule has 1 N–H and O–H groups in total. The van der Waals surface area contributed by atoms with E-state index >= 15 is 0 Å². The van der Waals surface area contributed by atoms with Crippen LogP contribution in [-0.4, -0.2) is 34.8 Å². The average molecular weight is 419 g/mol. The molecule has 2 aromatic heterocycles. The van der Waals surface area contributed by atoms with Gasteiger partial charge in [0.05, 0.1) is 13.3 Å². The Kier molecular flexibility index (Phi) is 5.40. The van der Waals surface area contributed by atoms with Crippen LogP contribution in [-0.2, 0) is 13.6 Å². The zero-order chi connectivity index (χ0) is 22.0. The van der Waals surface area contributed by atoms with Crippen molar-refractivity contribution in [2.24, 2.45) is 7.05 Å². The lowest BCUT2D eigenvalue weighted by Crippen LogP contribution is -2.32. The van der Waals surface area contributed by atoms with Crippen molar-refractivity contribution in [3.63, 3.8) is 0 Å². The highest BCUT2D eigenvalue weighted by molar-refractivity contribution is 6.04. The molecule has 2 heterocycles. The number of hydrogen-bond acceptors (Lipinski definition) is 7. The topological polar surface area (TPSA) is 102 Å². The van der Waals surface area contributed by atoms with Crippen LogP contribution in [0.2, 0.25) is 0 Å². The van der Waals surface area contributed by atoms with Crippen molar-refractivity contribution in [2.45, 2.75) is 6.54 Å². The van der Waals surface area contributed by atoms with Gasteiger partial charge in [0.2, 0.25) is 11.7 Å². The largest absolute Gasteiger partial charge is 0.489 e. The van der Waals surface area contributed by atoms with E-state index in [1.54, 1.807) is 7.05 Å². The highest BCUT2D eigenvalue weighted by Crippen LogP contribution is 2.23. The second-order valence-corrected chi connectivity index (χ2v) is 7.02. The average Bonchev–Trinajstić information content (AvgIpc) is 3.28. The molecule has 0 saturated heterocycles. The first-order valence-electron chi connectivity index (χ1n) is 9.53. The van der Waals surface area contributed by atoms with Crippen molar-refractivity contribution in [1.82, 2.24) is 14.7 Å². The number of benzene rings is 2. The summed E-state index contributed by atoms with van der Waals surface area (Å²) in [6.07, 6.45) is 2.62. The number of amides is 1. The van der Waals surface area contributed by atoms with Crippen molar-refractivity contribution < 1.29 is 14.1 Å². The summed E-state index contributed by atoms with van der Waals surface area (Å²) in [7, 11) is 4.74. The summed E-state index contributed by atoms with van der Waals surface area (Å²) in [5.41, 5.74) is 0.834. The molecule has 0 aliphatic rings. The van der Waals surface area contributed by atoms with Gasteiger partial charge in [-0.2, -0.15) is 0 Å². The van der Waals surface area contributed by atoms with E-state index in [0.717, 1.165) is 16.3 Å². The number of rotatable bonds is 6. The number of carbonyl (C=O) groups is 1. The van der Waals surface area contributed by atoms with Gasteiger partial charge in [0.15, 0.2) is 5.69 Å². The molecule has 1 amide bonds. The Hall–Kier alpha value is -4.14. The molecular formula is C22H21N5O4. The Morgan fingerprint density at radius 2 is 2.00 bits per heavy atom. The normalized spacial score (nSPS) is 10.8. The molecule has 4 aromatic rings. The predicted molar refractivity (Wildman–Crippen MR) is 117 cm³/mol. The van der Waals surface area contributed by atoms with Gasteiger partial charge in [-0.25, -0.2) is 4.98 Å². The molecule has 9 heteroatoms. The monoisotopic (exact) mass is 419 g/mol. The van der Waals surface area contributed by atoms with E-state index in [1.807, 2.05) is 48.3 Å². The molecule has 0 atom stereocenters. The number of hydrogen-bond donors (Lipinski definition) is 1. The van der Waals surface area contributed by atoms with Gasteiger partial charge in [-0.05, 0) is 16.3 Å². The molecule has 4 rings (SSSR count).